The summed E-state index contributed by atoms with van der Waals surface area (Å²) in [5.41, 5.74) is 7.31. The lowest BCUT2D eigenvalue weighted by Crippen LogP contribution is -2.14. The van der Waals surface area contributed by atoms with Gasteiger partial charge in [0.1, 0.15) is 5.82 Å². The summed E-state index contributed by atoms with van der Waals surface area (Å²) in [6.45, 7) is 6.41. The van der Waals surface area contributed by atoms with E-state index in [1.807, 2.05) is 18.2 Å². The molecular formula is C27H24F3N3O. The number of H-pyrrole nitrogens is 1. The number of imidazole rings is 1. The highest BCUT2D eigenvalue weighted by Crippen LogP contribution is 2.40. The summed E-state index contributed by atoms with van der Waals surface area (Å²) in [5, 5.41) is 0. The molecule has 0 saturated heterocycles. The lowest BCUT2D eigenvalue weighted by Gasteiger charge is -2.18. The van der Waals surface area contributed by atoms with E-state index in [0.29, 0.717) is 11.3 Å². The van der Waals surface area contributed by atoms with Crippen LogP contribution in [0.4, 0.5) is 13.2 Å². The molecule has 174 valence electrons. The zero-order valence-corrected chi connectivity index (χ0v) is 19.0. The number of amides is 1. The summed E-state index contributed by atoms with van der Waals surface area (Å²) in [4.78, 5) is 19.2. The largest absolute Gasteiger partial charge is 0.417 e. The van der Waals surface area contributed by atoms with Gasteiger partial charge in [0, 0.05) is 5.56 Å². The van der Waals surface area contributed by atoms with E-state index in [1.54, 1.807) is 18.2 Å². The van der Waals surface area contributed by atoms with Gasteiger partial charge in [0.25, 0.3) is 0 Å². The third kappa shape index (κ3) is 4.73. The lowest BCUT2D eigenvalue weighted by atomic mass is 9.87. The monoisotopic (exact) mass is 463 g/mol. The SMILES string of the molecule is CC(C)(C)c1ccc(/C=C/c2nc3cc(-c4ccccc4C(N)=O)c(C(F)(F)F)cc3[nH]2)cc1. The van der Waals surface area contributed by atoms with Crippen molar-refractivity contribution in [2.75, 3.05) is 0 Å². The first-order valence-electron chi connectivity index (χ1n) is 10.7. The van der Waals surface area contributed by atoms with Gasteiger partial charge in [-0.3, -0.25) is 4.79 Å². The highest BCUT2D eigenvalue weighted by atomic mass is 19.4. The average Bonchev–Trinajstić information content (AvgIpc) is 3.18. The first kappa shape index (κ1) is 23.3. The van der Waals surface area contributed by atoms with E-state index in [4.69, 9.17) is 5.73 Å². The predicted octanol–water partition coefficient (Wildman–Crippen LogP) is 6.82. The van der Waals surface area contributed by atoms with Crippen LogP contribution in [-0.4, -0.2) is 15.9 Å². The smallest absolute Gasteiger partial charge is 0.366 e. The number of benzene rings is 3. The first-order chi connectivity index (χ1) is 15.9. The molecule has 4 nitrogen and oxygen atoms in total. The van der Waals surface area contributed by atoms with Crippen molar-refractivity contribution in [1.82, 2.24) is 9.97 Å². The van der Waals surface area contributed by atoms with Gasteiger partial charge in [-0.1, -0.05) is 69.3 Å². The maximum absolute atomic E-state index is 13.9. The molecule has 0 aliphatic carbocycles. The number of fused-ring (bicyclic) bond motifs is 1. The molecule has 3 N–H and O–H groups in total. The van der Waals surface area contributed by atoms with Gasteiger partial charge in [0.2, 0.25) is 5.91 Å². The van der Waals surface area contributed by atoms with Crippen molar-refractivity contribution in [2.45, 2.75) is 32.4 Å². The van der Waals surface area contributed by atoms with Gasteiger partial charge in [-0.25, -0.2) is 4.98 Å². The molecule has 0 radical (unpaired) electrons. The summed E-state index contributed by atoms with van der Waals surface area (Å²) in [6.07, 6.45) is -1.07. The Morgan fingerprint density at radius 3 is 2.24 bits per heavy atom. The second kappa shape index (κ2) is 8.48. The number of alkyl halides is 3. The maximum atomic E-state index is 13.9. The molecule has 0 spiro atoms. The second-order valence-electron chi connectivity index (χ2n) is 9.15. The fourth-order valence-corrected chi connectivity index (χ4v) is 3.82. The number of carbonyl (C=O) groups is 1. The minimum absolute atomic E-state index is 0.0155. The number of nitrogens with zero attached hydrogens (tertiary/aromatic N) is 1. The minimum atomic E-state index is -4.63. The van der Waals surface area contributed by atoms with E-state index >= 15 is 0 Å². The molecule has 0 fully saturated rings. The van der Waals surface area contributed by atoms with Crippen LogP contribution < -0.4 is 5.73 Å². The molecule has 1 amide bonds. The van der Waals surface area contributed by atoms with Gasteiger partial charge in [-0.05, 0) is 51.9 Å². The third-order valence-electron chi connectivity index (χ3n) is 5.64. The number of aromatic amines is 1. The van der Waals surface area contributed by atoms with Crippen molar-refractivity contribution >= 4 is 29.1 Å². The van der Waals surface area contributed by atoms with Gasteiger partial charge in [-0.2, -0.15) is 13.2 Å². The van der Waals surface area contributed by atoms with E-state index < -0.39 is 17.6 Å². The maximum Gasteiger partial charge on any atom is 0.417 e. The normalized spacial score (nSPS) is 12.5. The molecule has 7 heteroatoms. The third-order valence-corrected chi connectivity index (χ3v) is 5.64. The number of primary amides is 1. The molecule has 0 saturated carbocycles. The van der Waals surface area contributed by atoms with Crippen molar-refractivity contribution in [1.29, 1.82) is 0 Å². The number of nitrogens with one attached hydrogen (secondary N) is 1. The fourth-order valence-electron chi connectivity index (χ4n) is 3.82. The summed E-state index contributed by atoms with van der Waals surface area (Å²) in [6, 6.07) is 16.4. The summed E-state index contributed by atoms with van der Waals surface area (Å²) < 4.78 is 41.8. The Labute approximate surface area is 195 Å². The van der Waals surface area contributed by atoms with Crippen LogP contribution in [0.1, 0.15) is 53.6 Å². The van der Waals surface area contributed by atoms with Crippen LogP contribution in [0, 0.1) is 0 Å². The molecule has 4 aromatic rings. The number of aromatic nitrogens is 2. The van der Waals surface area contributed by atoms with E-state index in [1.165, 1.54) is 23.8 Å². The molecule has 34 heavy (non-hydrogen) atoms. The number of halogens is 3. The Kier molecular flexibility index (Phi) is 5.81. The Hall–Kier alpha value is -3.87. The van der Waals surface area contributed by atoms with Crippen molar-refractivity contribution in [2.24, 2.45) is 5.73 Å². The molecule has 4 rings (SSSR count). The van der Waals surface area contributed by atoms with Crippen LogP contribution in [0.3, 0.4) is 0 Å². The van der Waals surface area contributed by atoms with Crippen LogP contribution in [0.15, 0.2) is 60.7 Å². The van der Waals surface area contributed by atoms with Gasteiger partial charge < -0.3 is 10.7 Å². The predicted molar refractivity (Wildman–Crippen MR) is 129 cm³/mol. The summed E-state index contributed by atoms with van der Waals surface area (Å²) in [7, 11) is 0. The summed E-state index contributed by atoms with van der Waals surface area (Å²) >= 11 is 0. The van der Waals surface area contributed by atoms with Gasteiger partial charge in [0.05, 0.1) is 16.6 Å². The highest BCUT2D eigenvalue weighted by molar-refractivity contribution is 6.01. The number of hydrogen-bond donors (Lipinski definition) is 2. The number of carbonyl (C=O) groups excluding carboxylic acids is 1. The molecular weight excluding hydrogens is 439 g/mol. The molecule has 3 aromatic carbocycles. The number of rotatable bonds is 4. The van der Waals surface area contributed by atoms with Crippen LogP contribution in [-0.2, 0) is 11.6 Å². The summed E-state index contributed by atoms with van der Waals surface area (Å²) in [5.74, 6) is -0.379. The Balaban J connectivity index is 1.76. The van der Waals surface area contributed by atoms with Crippen molar-refractivity contribution in [3.63, 3.8) is 0 Å². The van der Waals surface area contributed by atoms with Gasteiger partial charge >= 0.3 is 6.18 Å². The van der Waals surface area contributed by atoms with Crippen molar-refractivity contribution < 1.29 is 18.0 Å². The number of nitrogens with two attached hydrogens (primary N) is 1. The zero-order valence-electron chi connectivity index (χ0n) is 19.0. The standard InChI is InChI=1S/C27H24F3N3O/c1-26(2,3)17-11-8-16(9-12-17)10-13-24-32-22-14-20(18-6-4-5-7-19(18)25(31)34)21(27(28,29)30)15-23(22)33-24/h4-15H,1-3H3,(H2,31,34)(H,32,33)/b13-10+. The van der Waals surface area contributed by atoms with E-state index in [0.717, 1.165) is 11.6 Å². The molecule has 0 aliphatic heterocycles. The Morgan fingerprint density at radius 1 is 0.941 bits per heavy atom. The van der Waals surface area contributed by atoms with Crippen LogP contribution in [0.5, 0.6) is 0 Å². The van der Waals surface area contributed by atoms with Crippen molar-refractivity contribution in [3.8, 4) is 11.1 Å². The highest BCUT2D eigenvalue weighted by Gasteiger charge is 2.35. The molecule has 0 bridgehead atoms. The number of hydrogen-bond acceptors (Lipinski definition) is 2. The molecule has 1 heterocycles. The average molecular weight is 464 g/mol. The minimum Gasteiger partial charge on any atom is -0.366 e. The molecule has 0 unspecified atom stereocenters. The zero-order chi connectivity index (χ0) is 24.7. The topological polar surface area (TPSA) is 71.8 Å². The van der Waals surface area contributed by atoms with Crippen LogP contribution >= 0.6 is 0 Å². The lowest BCUT2D eigenvalue weighted by molar-refractivity contribution is -0.137. The van der Waals surface area contributed by atoms with Crippen LogP contribution in [0.2, 0.25) is 0 Å². The van der Waals surface area contributed by atoms with Crippen LogP contribution in [0.25, 0.3) is 34.3 Å². The Bertz CT molecular complexity index is 1390. The quantitative estimate of drug-likeness (QED) is 0.349. The molecule has 0 atom stereocenters. The Morgan fingerprint density at radius 2 is 1.62 bits per heavy atom. The molecule has 0 aliphatic rings. The first-order valence-corrected chi connectivity index (χ1v) is 10.7. The van der Waals surface area contributed by atoms with E-state index in [-0.39, 0.29) is 27.6 Å². The van der Waals surface area contributed by atoms with Gasteiger partial charge in [-0.15, -0.1) is 0 Å². The van der Waals surface area contributed by atoms with Crippen molar-refractivity contribution in [3.05, 3.63) is 88.7 Å². The fraction of sp³-hybridized carbons (Fsp3) is 0.185. The van der Waals surface area contributed by atoms with E-state index in [2.05, 4.69) is 42.9 Å². The molecule has 1 aromatic heterocycles. The van der Waals surface area contributed by atoms with Gasteiger partial charge in [0.15, 0.2) is 0 Å². The van der Waals surface area contributed by atoms with E-state index in [9.17, 15) is 18.0 Å². The second-order valence-corrected chi connectivity index (χ2v) is 9.15.